The van der Waals surface area contributed by atoms with Gasteiger partial charge in [-0.2, -0.15) is 0 Å². The monoisotopic (exact) mass is 311 g/mol. The molecule has 1 aliphatic carbocycles. The quantitative estimate of drug-likeness (QED) is 0.840. The molecule has 1 aliphatic rings. The zero-order valence-electron chi connectivity index (χ0n) is 11.2. The number of hydrogen-bond acceptors (Lipinski definition) is 2. The molecule has 0 spiro atoms. The van der Waals surface area contributed by atoms with E-state index in [4.69, 9.17) is 16.7 Å². The molecule has 2 unspecified atom stereocenters. The van der Waals surface area contributed by atoms with Gasteiger partial charge < -0.3 is 10.4 Å². The van der Waals surface area contributed by atoms with Gasteiger partial charge in [0.2, 0.25) is 5.91 Å². The van der Waals surface area contributed by atoms with Crippen molar-refractivity contribution in [1.29, 1.82) is 0 Å². The molecule has 0 radical (unpaired) electrons. The smallest absolute Gasteiger partial charge is 0.308 e. The molecule has 4 nitrogen and oxygen atoms in total. The van der Waals surface area contributed by atoms with Crippen LogP contribution in [0.4, 0.5) is 4.39 Å². The SMILES string of the molecule is O=C(C=Cc1c(F)cccc1Cl)NC1CCCC1C(=O)O. The summed E-state index contributed by atoms with van der Waals surface area (Å²) in [5.41, 5.74) is 0.135. The summed E-state index contributed by atoms with van der Waals surface area (Å²) in [6.07, 6.45) is 4.42. The van der Waals surface area contributed by atoms with Crippen LogP contribution in [0.3, 0.4) is 0 Å². The lowest BCUT2D eigenvalue weighted by Gasteiger charge is -2.16. The second-order valence-electron chi connectivity index (χ2n) is 4.96. The zero-order valence-corrected chi connectivity index (χ0v) is 11.9. The first kappa shape index (κ1) is 15.5. The molecule has 1 aromatic carbocycles. The maximum Gasteiger partial charge on any atom is 0.308 e. The standard InChI is InChI=1S/C15H15ClFNO3/c16-11-4-2-5-12(17)9(11)7-8-14(19)18-13-6-1-3-10(13)15(20)21/h2,4-5,7-8,10,13H,1,3,6H2,(H,18,19)(H,20,21). The summed E-state index contributed by atoms with van der Waals surface area (Å²) in [6.45, 7) is 0. The first-order valence-corrected chi connectivity index (χ1v) is 7.02. The Balaban J connectivity index is 2.02. The topological polar surface area (TPSA) is 66.4 Å². The number of halogens is 2. The molecule has 21 heavy (non-hydrogen) atoms. The van der Waals surface area contributed by atoms with E-state index in [1.54, 1.807) is 0 Å². The highest BCUT2D eigenvalue weighted by molar-refractivity contribution is 6.32. The van der Waals surface area contributed by atoms with Gasteiger partial charge in [0.15, 0.2) is 0 Å². The van der Waals surface area contributed by atoms with Crippen molar-refractivity contribution in [2.24, 2.45) is 5.92 Å². The normalized spacial score (nSPS) is 21.6. The van der Waals surface area contributed by atoms with E-state index in [2.05, 4.69) is 5.32 Å². The number of carbonyl (C=O) groups excluding carboxylic acids is 1. The summed E-state index contributed by atoms with van der Waals surface area (Å²) in [6, 6.07) is 3.88. The third-order valence-corrected chi connectivity index (χ3v) is 3.89. The molecule has 2 N–H and O–H groups in total. The van der Waals surface area contributed by atoms with E-state index in [1.165, 1.54) is 30.4 Å². The van der Waals surface area contributed by atoms with E-state index in [1.807, 2.05) is 0 Å². The highest BCUT2D eigenvalue weighted by Gasteiger charge is 2.33. The van der Waals surface area contributed by atoms with Crippen molar-refractivity contribution in [2.75, 3.05) is 0 Å². The highest BCUT2D eigenvalue weighted by atomic mass is 35.5. The maximum atomic E-state index is 13.5. The second kappa shape index (κ2) is 6.72. The van der Waals surface area contributed by atoms with Crippen LogP contribution in [-0.2, 0) is 9.59 Å². The Morgan fingerprint density at radius 2 is 2.14 bits per heavy atom. The Hall–Kier alpha value is -1.88. The highest BCUT2D eigenvalue weighted by Crippen LogP contribution is 2.26. The van der Waals surface area contributed by atoms with Crippen LogP contribution >= 0.6 is 11.6 Å². The van der Waals surface area contributed by atoms with Crippen LogP contribution in [0.2, 0.25) is 5.02 Å². The van der Waals surface area contributed by atoms with Gasteiger partial charge in [-0.3, -0.25) is 9.59 Å². The zero-order chi connectivity index (χ0) is 15.4. The number of carboxylic acid groups (broad SMARTS) is 1. The third-order valence-electron chi connectivity index (χ3n) is 3.56. The Morgan fingerprint density at radius 3 is 2.81 bits per heavy atom. The van der Waals surface area contributed by atoms with Crippen LogP contribution in [0.15, 0.2) is 24.3 Å². The Bertz CT molecular complexity index is 568. The van der Waals surface area contributed by atoms with Crippen molar-refractivity contribution in [1.82, 2.24) is 5.32 Å². The first-order valence-electron chi connectivity index (χ1n) is 6.64. The van der Waals surface area contributed by atoms with Crippen LogP contribution < -0.4 is 5.32 Å². The summed E-state index contributed by atoms with van der Waals surface area (Å²) in [5.74, 6) is -2.43. The molecule has 0 aliphatic heterocycles. The molecule has 0 heterocycles. The number of nitrogens with one attached hydrogen (secondary N) is 1. The van der Waals surface area contributed by atoms with Crippen molar-refractivity contribution >= 4 is 29.6 Å². The number of amides is 1. The summed E-state index contributed by atoms with van der Waals surface area (Å²) < 4.78 is 13.5. The fraction of sp³-hybridized carbons (Fsp3) is 0.333. The van der Waals surface area contributed by atoms with Gasteiger partial charge in [-0.25, -0.2) is 4.39 Å². The van der Waals surface area contributed by atoms with E-state index >= 15 is 0 Å². The largest absolute Gasteiger partial charge is 0.481 e. The fourth-order valence-electron chi connectivity index (χ4n) is 2.49. The lowest BCUT2D eigenvalue weighted by atomic mass is 10.0. The minimum absolute atomic E-state index is 0.135. The minimum Gasteiger partial charge on any atom is -0.481 e. The van der Waals surface area contributed by atoms with Crippen molar-refractivity contribution in [3.63, 3.8) is 0 Å². The summed E-state index contributed by atoms with van der Waals surface area (Å²) in [4.78, 5) is 22.8. The molecule has 1 fully saturated rings. The lowest BCUT2D eigenvalue weighted by Crippen LogP contribution is -2.39. The Morgan fingerprint density at radius 1 is 1.38 bits per heavy atom. The van der Waals surface area contributed by atoms with E-state index < -0.39 is 23.6 Å². The van der Waals surface area contributed by atoms with Crippen LogP contribution in [0.1, 0.15) is 24.8 Å². The average molecular weight is 312 g/mol. The maximum absolute atomic E-state index is 13.5. The predicted octanol–water partition coefficient (Wildman–Crippen LogP) is 2.86. The van der Waals surface area contributed by atoms with Gasteiger partial charge in [0, 0.05) is 17.7 Å². The van der Waals surface area contributed by atoms with Crippen molar-refractivity contribution < 1.29 is 19.1 Å². The van der Waals surface area contributed by atoms with E-state index in [0.29, 0.717) is 12.8 Å². The molecule has 1 aromatic rings. The molecule has 0 aromatic heterocycles. The fourth-order valence-corrected chi connectivity index (χ4v) is 2.71. The third kappa shape index (κ3) is 3.82. The summed E-state index contributed by atoms with van der Waals surface area (Å²) >= 11 is 5.85. The number of rotatable bonds is 4. The van der Waals surface area contributed by atoms with Crippen LogP contribution in [0.25, 0.3) is 6.08 Å². The van der Waals surface area contributed by atoms with Gasteiger partial charge in [0.1, 0.15) is 5.82 Å². The van der Waals surface area contributed by atoms with E-state index in [-0.39, 0.29) is 16.6 Å². The molecular weight excluding hydrogens is 297 g/mol. The summed E-state index contributed by atoms with van der Waals surface area (Å²) in [7, 11) is 0. The first-order chi connectivity index (χ1) is 9.99. The van der Waals surface area contributed by atoms with Crippen LogP contribution in [0, 0.1) is 11.7 Å². The van der Waals surface area contributed by atoms with Crippen LogP contribution in [0.5, 0.6) is 0 Å². The van der Waals surface area contributed by atoms with Gasteiger partial charge in [0.05, 0.1) is 10.9 Å². The minimum atomic E-state index is -0.904. The molecule has 112 valence electrons. The second-order valence-corrected chi connectivity index (χ2v) is 5.37. The molecule has 2 rings (SSSR count). The predicted molar refractivity (Wildman–Crippen MR) is 77.4 cm³/mol. The van der Waals surface area contributed by atoms with Crippen LogP contribution in [-0.4, -0.2) is 23.0 Å². The van der Waals surface area contributed by atoms with Gasteiger partial charge in [0.25, 0.3) is 0 Å². The molecule has 6 heteroatoms. The Kier molecular flexibility index (Phi) is 4.96. The van der Waals surface area contributed by atoms with Gasteiger partial charge >= 0.3 is 5.97 Å². The molecule has 0 saturated heterocycles. The number of hydrogen-bond donors (Lipinski definition) is 2. The summed E-state index contributed by atoms with van der Waals surface area (Å²) in [5, 5.41) is 11.9. The molecular formula is C15H15ClFNO3. The average Bonchev–Trinajstić information content (AvgIpc) is 2.86. The van der Waals surface area contributed by atoms with Crippen molar-refractivity contribution in [3.8, 4) is 0 Å². The molecule has 0 bridgehead atoms. The van der Waals surface area contributed by atoms with Gasteiger partial charge in [-0.15, -0.1) is 0 Å². The molecule has 1 amide bonds. The number of aliphatic carboxylic acids is 1. The van der Waals surface area contributed by atoms with E-state index in [9.17, 15) is 14.0 Å². The number of benzene rings is 1. The molecule has 2 atom stereocenters. The molecule has 1 saturated carbocycles. The number of carbonyl (C=O) groups is 2. The van der Waals surface area contributed by atoms with Crippen molar-refractivity contribution in [2.45, 2.75) is 25.3 Å². The van der Waals surface area contributed by atoms with Gasteiger partial charge in [-0.1, -0.05) is 24.1 Å². The van der Waals surface area contributed by atoms with Crippen molar-refractivity contribution in [3.05, 3.63) is 40.7 Å². The Labute approximate surface area is 126 Å². The van der Waals surface area contributed by atoms with Gasteiger partial charge in [-0.05, 0) is 31.1 Å². The van der Waals surface area contributed by atoms with E-state index in [0.717, 1.165) is 6.42 Å². The number of carboxylic acids is 1. The lowest BCUT2D eigenvalue weighted by molar-refractivity contribution is -0.142.